The average Bonchev–Trinajstić information content (AvgIpc) is 2.63. The highest BCUT2D eigenvalue weighted by Crippen LogP contribution is 2.38. The van der Waals surface area contributed by atoms with E-state index in [1.54, 1.807) is 24.3 Å². The molecule has 2 amide bonds. The lowest BCUT2D eigenvalue weighted by molar-refractivity contribution is -0.123. The van der Waals surface area contributed by atoms with Crippen LogP contribution in [0.5, 0.6) is 0 Å². The second-order valence-electron chi connectivity index (χ2n) is 8.85. The molecule has 0 spiro atoms. The van der Waals surface area contributed by atoms with Gasteiger partial charge in [-0.2, -0.15) is 0 Å². The summed E-state index contributed by atoms with van der Waals surface area (Å²) in [5.74, 6) is -0.239. The monoisotopic (exact) mass is 444 g/mol. The molecule has 2 aromatic rings. The predicted molar refractivity (Wildman–Crippen MR) is 126 cm³/mol. The number of anilines is 2. The zero-order chi connectivity index (χ0) is 22.5. The molecule has 160 valence electrons. The predicted octanol–water partition coefficient (Wildman–Crippen LogP) is 6.66. The van der Waals surface area contributed by atoms with Crippen molar-refractivity contribution in [3.05, 3.63) is 48.5 Å². The van der Waals surface area contributed by atoms with Crippen LogP contribution in [-0.4, -0.2) is 16.3 Å². The Kier molecular flexibility index (Phi) is 7.77. The summed E-state index contributed by atoms with van der Waals surface area (Å²) in [5.41, 5.74) is 0.123. The molecule has 2 rings (SSSR count). The van der Waals surface area contributed by atoms with Gasteiger partial charge in [-0.05, 0) is 47.8 Å². The van der Waals surface area contributed by atoms with Gasteiger partial charge in [-0.3, -0.25) is 14.4 Å². The molecule has 2 N–H and O–H groups in total. The topological polar surface area (TPSA) is 75.3 Å². The standard InChI is InChI=1S/C23H28N2O3S2/c1-22(2,3)19(26)24-15-11-7-9-13-17(15)29-21(28)30-18-14-10-8-12-16(18)25-20(27)23(4,5)6/h7-14H,1-6H3,(H,24,26)(H,25,27). The number of carbonyl (C=O) groups excluding carboxylic acids is 3. The van der Waals surface area contributed by atoms with E-state index in [1.807, 2.05) is 65.8 Å². The molecular weight excluding hydrogens is 416 g/mol. The van der Waals surface area contributed by atoms with Crippen LogP contribution in [0.4, 0.5) is 16.2 Å². The van der Waals surface area contributed by atoms with Crippen LogP contribution in [0.25, 0.3) is 0 Å². The lowest BCUT2D eigenvalue weighted by atomic mass is 9.95. The number of hydrogen-bond acceptors (Lipinski definition) is 5. The molecule has 2 aromatic carbocycles. The molecule has 7 heteroatoms. The van der Waals surface area contributed by atoms with Gasteiger partial charge in [0.05, 0.1) is 11.4 Å². The fraction of sp³-hybridized carbons (Fsp3) is 0.348. The third-order valence-corrected chi connectivity index (χ3v) is 6.00. The summed E-state index contributed by atoms with van der Waals surface area (Å²) in [6.45, 7) is 11.0. The van der Waals surface area contributed by atoms with Crippen molar-refractivity contribution in [2.24, 2.45) is 10.8 Å². The second kappa shape index (κ2) is 9.71. The van der Waals surface area contributed by atoms with Gasteiger partial charge in [0, 0.05) is 20.6 Å². The third-order valence-electron chi connectivity index (χ3n) is 4.02. The smallest absolute Gasteiger partial charge is 0.255 e. The summed E-state index contributed by atoms with van der Waals surface area (Å²) in [7, 11) is 0. The van der Waals surface area contributed by atoms with Gasteiger partial charge in [0.2, 0.25) is 11.8 Å². The number of nitrogens with one attached hydrogen (secondary N) is 2. The minimum Gasteiger partial charge on any atom is -0.325 e. The molecule has 0 unspecified atom stereocenters. The van der Waals surface area contributed by atoms with Crippen LogP contribution in [-0.2, 0) is 9.59 Å². The molecule has 0 aliphatic rings. The third kappa shape index (κ3) is 6.92. The van der Waals surface area contributed by atoms with Gasteiger partial charge < -0.3 is 10.6 Å². The van der Waals surface area contributed by atoms with E-state index in [1.165, 1.54) is 0 Å². The lowest BCUT2D eigenvalue weighted by Crippen LogP contribution is -2.27. The molecule has 0 saturated carbocycles. The Morgan fingerprint density at radius 3 is 1.30 bits per heavy atom. The highest BCUT2D eigenvalue weighted by Gasteiger charge is 2.24. The Hall–Kier alpha value is -2.25. The zero-order valence-corrected chi connectivity index (χ0v) is 19.8. The van der Waals surface area contributed by atoms with Crippen LogP contribution >= 0.6 is 23.5 Å². The number of hydrogen-bond donors (Lipinski definition) is 2. The first kappa shape index (κ1) is 24.0. The van der Waals surface area contributed by atoms with E-state index < -0.39 is 10.8 Å². The Balaban J connectivity index is 2.15. The fourth-order valence-electron chi connectivity index (χ4n) is 2.14. The molecule has 0 saturated heterocycles. The maximum atomic E-state index is 12.8. The first-order valence-electron chi connectivity index (χ1n) is 9.58. The van der Waals surface area contributed by atoms with Gasteiger partial charge in [0.25, 0.3) is 4.45 Å². The average molecular weight is 445 g/mol. The molecular formula is C23H28N2O3S2. The molecule has 5 nitrogen and oxygen atoms in total. The second-order valence-corrected chi connectivity index (χ2v) is 11.1. The molecule has 0 atom stereocenters. The van der Waals surface area contributed by atoms with E-state index >= 15 is 0 Å². The zero-order valence-electron chi connectivity index (χ0n) is 18.2. The Bertz CT molecular complexity index is 868. The lowest BCUT2D eigenvalue weighted by Gasteiger charge is -2.19. The molecule has 0 radical (unpaired) electrons. The van der Waals surface area contributed by atoms with E-state index in [9.17, 15) is 14.4 Å². The first-order valence-corrected chi connectivity index (χ1v) is 11.2. The van der Waals surface area contributed by atoms with Crippen molar-refractivity contribution in [2.45, 2.75) is 51.3 Å². The molecule has 0 fully saturated rings. The van der Waals surface area contributed by atoms with E-state index in [-0.39, 0.29) is 16.3 Å². The molecule has 0 bridgehead atoms. The van der Waals surface area contributed by atoms with Crippen LogP contribution in [0.2, 0.25) is 0 Å². The van der Waals surface area contributed by atoms with E-state index in [4.69, 9.17) is 0 Å². The minimum absolute atomic E-state index is 0.120. The number of para-hydroxylation sites is 2. The summed E-state index contributed by atoms with van der Waals surface area (Å²) >= 11 is 2.09. The van der Waals surface area contributed by atoms with Crippen LogP contribution in [0.15, 0.2) is 58.3 Å². The number of rotatable bonds is 4. The van der Waals surface area contributed by atoms with Crippen molar-refractivity contribution in [1.82, 2.24) is 0 Å². The van der Waals surface area contributed by atoms with Gasteiger partial charge in [-0.25, -0.2) is 0 Å². The van der Waals surface area contributed by atoms with Gasteiger partial charge in [0.1, 0.15) is 0 Å². The first-order chi connectivity index (χ1) is 13.9. The molecule has 30 heavy (non-hydrogen) atoms. The number of amides is 2. The maximum Gasteiger partial charge on any atom is 0.255 e. The number of benzene rings is 2. The van der Waals surface area contributed by atoms with Gasteiger partial charge in [-0.15, -0.1) is 0 Å². The SMILES string of the molecule is CC(C)(C)C(=O)Nc1ccccc1SC(=O)Sc1ccccc1NC(=O)C(C)(C)C. The summed E-state index contributed by atoms with van der Waals surface area (Å²) < 4.78 is -0.162. The van der Waals surface area contributed by atoms with Crippen molar-refractivity contribution in [3.63, 3.8) is 0 Å². The van der Waals surface area contributed by atoms with Crippen molar-refractivity contribution in [2.75, 3.05) is 10.6 Å². The van der Waals surface area contributed by atoms with E-state index in [0.717, 1.165) is 23.5 Å². The van der Waals surface area contributed by atoms with Crippen molar-refractivity contribution < 1.29 is 14.4 Å². The van der Waals surface area contributed by atoms with Gasteiger partial charge >= 0.3 is 0 Å². The highest BCUT2D eigenvalue weighted by atomic mass is 32.2. The molecule has 0 aromatic heterocycles. The van der Waals surface area contributed by atoms with Crippen molar-refractivity contribution in [1.29, 1.82) is 0 Å². The van der Waals surface area contributed by atoms with E-state index in [2.05, 4.69) is 10.6 Å². The summed E-state index contributed by atoms with van der Waals surface area (Å²) in [5, 5.41) is 5.79. The summed E-state index contributed by atoms with van der Waals surface area (Å²) in [4.78, 5) is 38.8. The number of carbonyl (C=O) groups is 3. The molecule has 0 aliphatic heterocycles. The van der Waals surface area contributed by atoms with E-state index in [0.29, 0.717) is 21.2 Å². The quantitative estimate of drug-likeness (QED) is 0.516. The Labute approximate surface area is 186 Å². The summed E-state index contributed by atoms with van der Waals surface area (Å²) in [6.07, 6.45) is 0. The van der Waals surface area contributed by atoms with Crippen LogP contribution in [0.3, 0.4) is 0 Å². The molecule has 0 heterocycles. The van der Waals surface area contributed by atoms with Crippen molar-refractivity contribution >= 4 is 51.2 Å². The Morgan fingerprint density at radius 2 is 0.967 bits per heavy atom. The fourth-order valence-corrected chi connectivity index (χ4v) is 3.95. The molecule has 0 aliphatic carbocycles. The van der Waals surface area contributed by atoms with Gasteiger partial charge in [-0.1, -0.05) is 65.8 Å². The normalized spacial score (nSPS) is 11.7. The Morgan fingerprint density at radius 1 is 0.633 bits per heavy atom. The van der Waals surface area contributed by atoms with Gasteiger partial charge in [0.15, 0.2) is 0 Å². The largest absolute Gasteiger partial charge is 0.325 e. The van der Waals surface area contributed by atoms with Crippen LogP contribution < -0.4 is 10.6 Å². The highest BCUT2D eigenvalue weighted by molar-refractivity contribution is 8.38. The maximum absolute atomic E-state index is 12.8. The summed E-state index contributed by atoms with van der Waals surface area (Å²) in [6, 6.07) is 14.4. The minimum atomic E-state index is -0.541. The van der Waals surface area contributed by atoms with Crippen LogP contribution in [0.1, 0.15) is 41.5 Å². The number of thioether (sulfide) groups is 2. The van der Waals surface area contributed by atoms with Crippen molar-refractivity contribution in [3.8, 4) is 0 Å². The van der Waals surface area contributed by atoms with Crippen LogP contribution in [0, 0.1) is 10.8 Å².